The van der Waals surface area contributed by atoms with Crippen LogP contribution in [0.25, 0.3) is 11.1 Å². The number of sulfonamides is 1. The summed E-state index contributed by atoms with van der Waals surface area (Å²) in [7, 11) is -9.39. The molecule has 1 fully saturated rings. The summed E-state index contributed by atoms with van der Waals surface area (Å²) in [6.07, 6.45) is 0.821. The molecule has 1 heterocycles. The van der Waals surface area contributed by atoms with Gasteiger partial charge in [0.25, 0.3) is 25.8 Å². The highest BCUT2D eigenvalue weighted by molar-refractivity contribution is 8.00. The Morgan fingerprint density at radius 3 is 2.20 bits per heavy atom. The van der Waals surface area contributed by atoms with Gasteiger partial charge < -0.3 is 30.1 Å². The van der Waals surface area contributed by atoms with Gasteiger partial charge in [-0.05, 0) is 122 Å². The minimum Gasteiger partial charge on any atom is -0.481 e. The zero-order valence-electron chi connectivity index (χ0n) is 38.3. The Bertz CT molecular complexity index is 2840. The lowest BCUT2D eigenvalue weighted by molar-refractivity contribution is -0.140. The second kappa shape index (κ2) is 24.9. The van der Waals surface area contributed by atoms with Gasteiger partial charge >= 0.3 is 17.4 Å². The molecule has 0 saturated carbocycles. The first-order valence-corrected chi connectivity index (χ1v) is 27.7. The number of halogens is 4. The summed E-state index contributed by atoms with van der Waals surface area (Å²) in [5, 5.41) is 23.8. The maximum absolute atomic E-state index is 14.2. The van der Waals surface area contributed by atoms with Crippen LogP contribution in [0.4, 0.5) is 24.5 Å². The fourth-order valence-corrected chi connectivity index (χ4v) is 11.4. The first kappa shape index (κ1) is 55.0. The van der Waals surface area contributed by atoms with Crippen molar-refractivity contribution in [1.82, 2.24) is 9.62 Å². The number of aliphatic carboxylic acids is 1. The molecule has 71 heavy (non-hydrogen) atoms. The third-order valence-corrected chi connectivity index (χ3v) is 16.8. The van der Waals surface area contributed by atoms with Crippen LogP contribution < -0.4 is 14.9 Å². The zero-order valence-corrected chi connectivity index (χ0v) is 42.3. The van der Waals surface area contributed by atoms with Gasteiger partial charge in [-0.15, -0.1) is 23.5 Å². The van der Waals surface area contributed by atoms with E-state index >= 15 is 0 Å². The number of anilines is 2. The molecule has 1 amide bonds. The molecule has 0 spiro atoms. The predicted molar refractivity (Wildman–Crippen MR) is 270 cm³/mol. The second-order valence-electron chi connectivity index (χ2n) is 16.6. The topological polar surface area (TPSA) is 200 Å². The Morgan fingerprint density at radius 2 is 1.54 bits per heavy atom. The van der Waals surface area contributed by atoms with Gasteiger partial charge in [-0.25, -0.2) is 21.6 Å². The zero-order chi connectivity index (χ0) is 51.3. The van der Waals surface area contributed by atoms with Crippen LogP contribution in [0.3, 0.4) is 0 Å². The van der Waals surface area contributed by atoms with E-state index in [0.717, 1.165) is 51.2 Å². The Morgan fingerprint density at radius 1 is 0.873 bits per heavy atom. The predicted octanol–water partition coefficient (Wildman–Crippen LogP) is 8.62. The van der Waals surface area contributed by atoms with E-state index in [9.17, 15) is 49.5 Å². The van der Waals surface area contributed by atoms with Crippen LogP contribution in [0.2, 0.25) is 5.02 Å². The number of nitrogens with zero attached hydrogens (tertiary/aromatic N) is 2. The molecule has 6 rings (SSSR count). The van der Waals surface area contributed by atoms with E-state index in [0.29, 0.717) is 43.6 Å². The monoisotopic (exact) mass is 1080 g/mol. The smallest absolute Gasteiger partial charge is 0.481 e. The number of hydrogen-bond donors (Lipinski definition) is 4. The largest absolute Gasteiger partial charge is 0.501 e. The molecule has 0 aliphatic carbocycles. The number of carboxylic acids is 1. The summed E-state index contributed by atoms with van der Waals surface area (Å²) < 4.78 is 103. The molecule has 1 aliphatic heterocycles. The summed E-state index contributed by atoms with van der Waals surface area (Å²) in [6.45, 7) is 1.68. The molecule has 2 atom stereocenters. The number of carboxylic acid groups (broad SMARTS) is 1. The Labute approximate surface area is 424 Å². The molecule has 2 unspecified atom stereocenters. The SMILES string of the molecule is CN(CCOC(=O)CSCC(=O)O)CCC(CSc1ccccc1)Nc1ccc(S(=O)(=O)NC(=O)c2ccc(N3CCC(C(O)c4ccccc4-c4ccc(Cl)cc4)CC3)cc2)cc1S(=O)(=O)C(F)(F)F. The number of thioether (sulfide) groups is 2. The average molecular weight is 1080 g/mol. The molecule has 0 aromatic heterocycles. The number of rotatable bonds is 23. The van der Waals surface area contributed by atoms with Crippen molar-refractivity contribution in [2.24, 2.45) is 5.92 Å². The van der Waals surface area contributed by atoms with E-state index in [2.05, 4.69) is 10.2 Å². The van der Waals surface area contributed by atoms with Crippen molar-refractivity contribution in [1.29, 1.82) is 0 Å². The maximum Gasteiger partial charge on any atom is 0.501 e. The Hall–Kier alpha value is -5.29. The van der Waals surface area contributed by atoms with Crippen LogP contribution in [0, 0.1) is 5.92 Å². The quantitative estimate of drug-likeness (QED) is 0.0358. The highest BCUT2D eigenvalue weighted by Crippen LogP contribution is 2.39. The van der Waals surface area contributed by atoms with Gasteiger partial charge in [-0.3, -0.25) is 14.4 Å². The van der Waals surface area contributed by atoms with Crippen molar-refractivity contribution < 1.29 is 59.3 Å². The van der Waals surface area contributed by atoms with Crippen LogP contribution in [-0.2, 0) is 34.2 Å². The van der Waals surface area contributed by atoms with Crippen molar-refractivity contribution in [3.63, 3.8) is 0 Å². The summed E-state index contributed by atoms with van der Waals surface area (Å²) in [4.78, 5) is 38.4. The summed E-state index contributed by atoms with van der Waals surface area (Å²) >= 11 is 8.33. The molecule has 380 valence electrons. The van der Waals surface area contributed by atoms with Crippen LogP contribution in [-0.4, -0.2) is 118 Å². The van der Waals surface area contributed by atoms with Gasteiger partial charge in [0.2, 0.25) is 0 Å². The molecule has 5 aromatic carbocycles. The summed E-state index contributed by atoms with van der Waals surface area (Å²) in [6, 6.07) is 31.7. The number of alkyl halides is 3. The highest BCUT2D eigenvalue weighted by atomic mass is 35.5. The highest BCUT2D eigenvalue weighted by Gasteiger charge is 2.48. The Balaban J connectivity index is 1.11. The van der Waals surface area contributed by atoms with E-state index < -0.39 is 70.8 Å². The maximum atomic E-state index is 14.2. The molecular weight excluding hydrogens is 1030 g/mol. The fraction of sp³-hybridized carbons (Fsp3) is 0.327. The number of hydrogen-bond acceptors (Lipinski definition) is 14. The van der Waals surface area contributed by atoms with Crippen molar-refractivity contribution in [3.05, 3.63) is 137 Å². The van der Waals surface area contributed by atoms with Gasteiger partial charge in [-0.1, -0.05) is 66.2 Å². The molecule has 22 heteroatoms. The number of ether oxygens (including phenoxy) is 1. The second-order valence-corrected chi connectivity index (χ2v) is 22.7. The average Bonchev–Trinajstić information content (AvgIpc) is 3.34. The van der Waals surface area contributed by atoms with E-state index in [1.54, 1.807) is 54.4 Å². The van der Waals surface area contributed by atoms with Gasteiger partial charge in [-0.2, -0.15) is 13.2 Å². The first-order chi connectivity index (χ1) is 33.7. The van der Waals surface area contributed by atoms with E-state index in [1.165, 1.54) is 23.9 Å². The number of aliphatic hydroxyl groups is 1. The summed E-state index contributed by atoms with van der Waals surface area (Å²) in [5.41, 5.74) is -3.03. The third-order valence-electron chi connectivity index (χ3n) is 11.6. The van der Waals surface area contributed by atoms with Crippen molar-refractivity contribution in [3.8, 4) is 11.1 Å². The van der Waals surface area contributed by atoms with E-state index in [1.807, 2.05) is 53.3 Å². The van der Waals surface area contributed by atoms with E-state index in [-0.39, 0.29) is 48.3 Å². The number of sulfone groups is 1. The van der Waals surface area contributed by atoms with E-state index in [4.69, 9.17) is 21.4 Å². The number of esters is 1. The van der Waals surface area contributed by atoms with Crippen molar-refractivity contribution >= 4 is 84.2 Å². The number of amides is 1. The van der Waals surface area contributed by atoms with Gasteiger partial charge in [0.05, 0.1) is 28.2 Å². The molecule has 5 aromatic rings. The van der Waals surface area contributed by atoms with Crippen LogP contribution in [0.5, 0.6) is 0 Å². The minimum atomic E-state index is -6.16. The lowest BCUT2D eigenvalue weighted by atomic mass is 9.84. The van der Waals surface area contributed by atoms with Crippen molar-refractivity contribution in [2.75, 3.05) is 67.3 Å². The number of benzene rings is 5. The number of carbonyl (C=O) groups excluding carboxylic acids is 2. The van der Waals surface area contributed by atoms with Crippen LogP contribution in [0.15, 0.2) is 136 Å². The van der Waals surface area contributed by atoms with Crippen LogP contribution in [0.1, 0.15) is 41.3 Å². The number of carbonyl (C=O) groups is 3. The lowest BCUT2D eigenvalue weighted by Gasteiger charge is -2.36. The standard InChI is InChI=1S/C49H52ClF3N4O10S4/c1-56(27-28-67-46(60)32-68-31-45(58)59)24-23-37(30-69-39-7-3-2-4-8-39)54-43-20-19-40(29-44(43)70(63,64)49(51,52)53)71(65,66)55-48(62)35-13-17-38(18-14-35)57-25-21-34(22-26-57)47(61)42-10-6-5-9-41(42)33-11-15-36(50)16-12-33/h2-20,29,34,37,47,54,61H,21-28,30-32H2,1H3,(H,55,62)(H,58,59). The molecule has 1 saturated heterocycles. The number of likely N-dealkylation sites (N-methyl/N-ethyl adjacent to an activating group) is 1. The summed E-state index contributed by atoms with van der Waals surface area (Å²) in [5.74, 6) is -2.99. The number of aliphatic hydroxyl groups excluding tert-OH is 1. The minimum absolute atomic E-state index is 0.0264. The molecule has 4 N–H and O–H groups in total. The molecule has 0 bridgehead atoms. The van der Waals surface area contributed by atoms with Crippen molar-refractivity contribution in [2.45, 2.75) is 51.6 Å². The van der Waals surface area contributed by atoms with Crippen LogP contribution >= 0.6 is 35.1 Å². The molecular formula is C49H52ClF3N4O10S4. The van der Waals surface area contributed by atoms with Gasteiger partial charge in [0.1, 0.15) is 11.5 Å². The fourth-order valence-electron chi connectivity index (χ4n) is 7.77. The molecule has 1 aliphatic rings. The molecule has 0 radical (unpaired) electrons. The number of nitrogens with one attached hydrogen (secondary N) is 2. The third kappa shape index (κ3) is 15.4. The Kier molecular flexibility index (Phi) is 19.3. The first-order valence-electron chi connectivity index (χ1n) is 22.2. The van der Waals surface area contributed by atoms with Gasteiger partial charge in [0, 0.05) is 52.6 Å². The van der Waals surface area contributed by atoms with Gasteiger partial charge in [0.15, 0.2) is 0 Å². The number of piperidine rings is 1. The normalized spacial score (nSPS) is 14.4. The lowest BCUT2D eigenvalue weighted by Crippen LogP contribution is -2.36. The molecule has 14 nitrogen and oxygen atoms in total.